The Balaban J connectivity index is 4.31. The summed E-state index contributed by atoms with van der Waals surface area (Å²) in [7, 11) is 0. The first-order valence-corrected chi connectivity index (χ1v) is 11.2. The van der Waals surface area contributed by atoms with Crippen molar-refractivity contribution in [1.82, 2.24) is 4.90 Å². The molecule has 0 rings (SSSR count). The van der Waals surface area contributed by atoms with Crippen LogP contribution in [-0.4, -0.2) is 87.0 Å². The Morgan fingerprint density at radius 1 is 0.793 bits per heavy atom. The summed E-state index contributed by atoms with van der Waals surface area (Å²) in [5.41, 5.74) is 5.52. The fourth-order valence-corrected chi connectivity index (χ4v) is 3.26. The largest absolute Gasteiger partial charge is 0.394 e. The Hall–Kier alpha value is -0.770. The second-order valence-corrected chi connectivity index (χ2v) is 7.83. The van der Waals surface area contributed by atoms with Gasteiger partial charge in [-0.1, -0.05) is 64.7 Å². The van der Waals surface area contributed by atoms with E-state index in [9.17, 15) is 25.2 Å². The van der Waals surface area contributed by atoms with Crippen LogP contribution in [0, 0.1) is 0 Å². The van der Waals surface area contributed by atoms with E-state index in [0.29, 0.717) is 26.1 Å². The molecule has 0 aliphatic rings. The first kappa shape index (κ1) is 28.2. The predicted molar refractivity (Wildman–Crippen MR) is 113 cm³/mol. The summed E-state index contributed by atoms with van der Waals surface area (Å²) in [5.74, 6) is -0.703. The highest BCUT2D eigenvalue weighted by Crippen LogP contribution is 2.13. The smallest absolute Gasteiger partial charge is 0.254 e. The maximum atomic E-state index is 12.5. The van der Waals surface area contributed by atoms with Gasteiger partial charge in [-0.25, -0.2) is 0 Å². The number of hydrogen-bond acceptors (Lipinski definition) is 7. The van der Waals surface area contributed by atoms with E-state index in [2.05, 4.69) is 6.92 Å². The number of amides is 1. The highest BCUT2D eigenvalue weighted by atomic mass is 16.4. The van der Waals surface area contributed by atoms with Crippen molar-refractivity contribution in [2.24, 2.45) is 5.73 Å². The molecule has 0 bridgehead atoms. The van der Waals surface area contributed by atoms with E-state index in [1.54, 1.807) is 0 Å². The third kappa shape index (κ3) is 12.5. The minimum absolute atomic E-state index is 0.356. The van der Waals surface area contributed by atoms with E-state index in [-0.39, 0.29) is 0 Å². The van der Waals surface area contributed by atoms with Crippen molar-refractivity contribution in [3.8, 4) is 0 Å². The Labute approximate surface area is 175 Å². The van der Waals surface area contributed by atoms with E-state index < -0.39 is 36.9 Å². The Bertz CT molecular complexity index is 399. The minimum Gasteiger partial charge on any atom is -0.394 e. The number of nitrogens with two attached hydrogens (primary N) is 1. The number of aliphatic hydroxyl groups excluding tert-OH is 5. The van der Waals surface area contributed by atoms with Crippen LogP contribution in [0.3, 0.4) is 0 Å². The summed E-state index contributed by atoms with van der Waals surface area (Å²) in [5, 5.41) is 48.0. The van der Waals surface area contributed by atoms with Crippen LogP contribution < -0.4 is 5.73 Å². The molecule has 1 amide bonds. The molecule has 7 N–H and O–H groups in total. The third-order valence-corrected chi connectivity index (χ3v) is 5.23. The number of aliphatic hydroxyl groups is 5. The summed E-state index contributed by atoms with van der Waals surface area (Å²) in [6.07, 6.45) is 5.09. The lowest BCUT2D eigenvalue weighted by Gasteiger charge is -2.30. The van der Waals surface area contributed by atoms with E-state index in [1.165, 1.54) is 49.8 Å². The van der Waals surface area contributed by atoms with Crippen LogP contribution in [0.5, 0.6) is 0 Å². The molecule has 0 heterocycles. The van der Waals surface area contributed by atoms with Gasteiger partial charge in [0.25, 0.3) is 5.91 Å². The van der Waals surface area contributed by atoms with Gasteiger partial charge in [0.05, 0.1) is 6.61 Å². The highest BCUT2D eigenvalue weighted by Gasteiger charge is 2.36. The predicted octanol–water partition coefficient (Wildman–Crippen LogP) is 0.521. The molecule has 0 saturated carbocycles. The number of nitrogens with zero attached hydrogens (tertiary/aromatic N) is 1. The fraction of sp³-hybridized carbons (Fsp3) is 0.952. The summed E-state index contributed by atoms with van der Waals surface area (Å²) < 4.78 is 0. The second kappa shape index (κ2) is 18.0. The van der Waals surface area contributed by atoms with Crippen LogP contribution in [0.2, 0.25) is 0 Å². The van der Waals surface area contributed by atoms with Crippen molar-refractivity contribution in [3.05, 3.63) is 0 Å². The molecule has 0 aromatic heterocycles. The monoisotopic (exact) mass is 420 g/mol. The molecule has 8 nitrogen and oxygen atoms in total. The summed E-state index contributed by atoms with van der Waals surface area (Å²) in [6, 6.07) is 0. The van der Waals surface area contributed by atoms with Gasteiger partial charge in [0, 0.05) is 13.1 Å². The van der Waals surface area contributed by atoms with Crippen molar-refractivity contribution in [3.63, 3.8) is 0 Å². The summed E-state index contributed by atoms with van der Waals surface area (Å²) >= 11 is 0. The maximum absolute atomic E-state index is 12.5. The van der Waals surface area contributed by atoms with Crippen LogP contribution in [0.25, 0.3) is 0 Å². The standard InChI is InChI=1S/C21H44N2O6/c1-2-3-4-5-6-7-8-9-10-11-14-23(15-12-13-22)21(29)20(28)19(27)18(26)17(25)16-24/h17-20,24-28H,2-16,22H2,1H3/t17-,18-,19+,20-/m1/s1. The molecule has 0 radical (unpaired) electrons. The molecule has 174 valence electrons. The Morgan fingerprint density at radius 2 is 1.28 bits per heavy atom. The molecule has 0 aromatic rings. The van der Waals surface area contributed by atoms with Gasteiger partial charge in [-0.3, -0.25) is 4.79 Å². The van der Waals surface area contributed by atoms with Crippen molar-refractivity contribution in [1.29, 1.82) is 0 Å². The zero-order valence-corrected chi connectivity index (χ0v) is 18.1. The average molecular weight is 421 g/mol. The van der Waals surface area contributed by atoms with Crippen LogP contribution in [-0.2, 0) is 4.79 Å². The van der Waals surface area contributed by atoms with E-state index in [0.717, 1.165) is 19.3 Å². The number of carbonyl (C=O) groups is 1. The molecule has 0 unspecified atom stereocenters. The molecule has 0 saturated heterocycles. The molecule has 4 atom stereocenters. The van der Waals surface area contributed by atoms with Crippen LogP contribution in [0.4, 0.5) is 0 Å². The molecule has 0 fully saturated rings. The topological polar surface area (TPSA) is 147 Å². The number of carbonyl (C=O) groups excluding carboxylic acids is 1. The maximum Gasteiger partial charge on any atom is 0.254 e. The fourth-order valence-electron chi connectivity index (χ4n) is 3.26. The highest BCUT2D eigenvalue weighted by molar-refractivity contribution is 5.81. The van der Waals surface area contributed by atoms with E-state index in [4.69, 9.17) is 10.8 Å². The lowest BCUT2D eigenvalue weighted by molar-refractivity contribution is -0.158. The van der Waals surface area contributed by atoms with Crippen molar-refractivity contribution in [2.45, 2.75) is 102 Å². The molecule has 0 aromatic carbocycles. The Kier molecular flexibility index (Phi) is 17.6. The van der Waals surface area contributed by atoms with Gasteiger partial charge in [-0.15, -0.1) is 0 Å². The SMILES string of the molecule is CCCCCCCCCCCCN(CCCN)C(=O)[C@H](O)[C@@H](O)[C@H](O)[C@H](O)CO. The van der Waals surface area contributed by atoms with Gasteiger partial charge < -0.3 is 36.2 Å². The lowest BCUT2D eigenvalue weighted by Crippen LogP contribution is -2.53. The minimum atomic E-state index is -1.88. The van der Waals surface area contributed by atoms with Gasteiger partial charge >= 0.3 is 0 Å². The quantitative estimate of drug-likeness (QED) is 0.167. The van der Waals surface area contributed by atoms with Crippen LogP contribution in [0.1, 0.15) is 77.6 Å². The first-order chi connectivity index (χ1) is 13.9. The number of rotatable bonds is 19. The first-order valence-electron chi connectivity index (χ1n) is 11.2. The summed E-state index contributed by atoms with van der Waals surface area (Å²) in [4.78, 5) is 14.0. The third-order valence-electron chi connectivity index (χ3n) is 5.23. The van der Waals surface area contributed by atoms with Gasteiger partial charge in [-0.05, 0) is 19.4 Å². The van der Waals surface area contributed by atoms with Gasteiger partial charge in [0.15, 0.2) is 6.10 Å². The molecule has 0 aliphatic carbocycles. The van der Waals surface area contributed by atoms with Crippen molar-refractivity contribution < 1.29 is 30.3 Å². The molecular formula is C21H44N2O6. The molecular weight excluding hydrogens is 376 g/mol. The van der Waals surface area contributed by atoms with Crippen molar-refractivity contribution >= 4 is 5.91 Å². The van der Waals surface area contributed by atoms with Crippen LogP contribution >= 0.6 is 0 Å². The van der Waals surface area contributed by atoms with Crippen molar-refractivity contribution in [2.75, 3.05) is 26.2 Å². The second-order valence-electron chi connectivity index (χ2n) is 7.83. The molecule has 0 aliphatic heterocycles. The summed E-state index contributed by atoms with van der Waals surface area (Å²) in [6.45, 7) is 2.62. The lowest BCUT2D eigenvalue weighted by atomic mass is 10.0. The van der Waals surface area contributed by atoms with E-state index in [1.807, 2.05) is 0 Å². The van der Waals surface area contributed by atoms with Gasteiger partial charge in [0.1, 0.15) is 18.3 Å². The molecule has 29 heavy (non-hydrogen) atoms. The number of hydrogen-bond donors (Lipinski definition) is 6. The Morgan fingerprint density at radius 3 is 1.76 bits per heavy atom. The number of unbranched alkanes of at least 4 members (excludes halogenated alkanes) is 9. The van der Waals surface area contributed by atoms with Gasteiger partial charge in [0.2, 0.25) is 0 Å². The zero-order chi connectivity index (χ0) is 22.1. The van der Waals surface area contributed by atoms with E-state index >= 15 is 0 Å². The zero-order valence-electron chi connectivity index (χ0n) is 18.1. The normalized spacial score (nSPS) is 15.7. The molecule has 8 heteroatoms. The molecule has 0 spiro atoms. The average Bonchev–Trinajstić information content (AvgIpc) is 2.74. The van der Waals surface area contributed by atoms with Gasteiger partial charge in [-0.2, -0.15) is 0 Å². The van der Waals surface area contributed by atoms with Crippen LogP contribution in [0.15, 0.2) is 0 Å².